The van der Waals surface area contributed by atoms with E-state index in [9.17, 15) is 18.4 Å². The zero-order valence-electron chi connectivity index (χ0n) is 21.7. The third-order valence-corrected chi connectivity index (χ3v) is 6.79. The van der Waals surface area contributed by atoms with E-state index in [1.165, 1.54) is 17.8 Å². The van der Waals surface area contributed by atoms with Gasteiger partial charge in [0.2, 0.25) is 5.88 Å². The molecule has 4 heterocycles. The number of halogens is 2. The van der Waals surface area contributed by atoms with Gasteiger partial charge >= 0.3 is 18.6 Å². The van der Waals surface area contributed by atoms with Crippen LogP contribution in [0.25, 0.3) is 0 Å². The van der Waals surface area contributed by atoms with E-state index >= 15 is 0 Å². The number of rotatable bonds is 13. The lowest BCUT2D eigenvalue weighted by atomic mass is 10.0. The van der Waals surface area contributed by atoms with Crippen LogP contribution in [-0.4, -0.2) is 71.2 Å². The van der Waals surface area contributed by atoms with Crippen LogP contribution in [0.3, 0.4) is 0 Å². The minimum Gasteiger partial charge on any atom is -0.466 e. The zero-order chi connectivity index (χ0) is 26.9. The van der Waals surface area contributed by atoms with Crippen molar-refractivity contribution in [1.82, 2.24) is 19.8 Å². The number of urea groups is 1. The molecule has 2 aliphatic rings. The minimum atomic E-state index is -2.99. The number of alkyl halides is 2. The quantitative estimate of drug-likeness (QED) is 0.299. The molecule has 9 nitrogen and oxygen atoms in total. The van der Waals surface area contributed by atoms with Gasteiger partial charge in [0.05, 0.1) is 19.1 Å². The first-order chi connectivity index (χ1) is 18.4. The molecule has 4 rings (SSSR count). The number of ether oxygens (including phenoxy) is 2. The van der Waals surface area contributed by atoms with Crippen LogP contribution in [0.5, 0.6) is 5.88 Å². The largest absolute Gasteiger partial charge is 0.466 e. The fraction of sp³-hybridized carbons (Fsp3) is 0.556. The molecule has 2 aliphatic heterocycles. The van der Waals surface area contributed by atoms with Crippen LogP contribution >= 0.6 is 0 Å². The first-order valence-electron chi connectivity index (χ1n) is 13.3. The third-order valence-electron chi connectivity index (χ3n) is 6.79. The highest BCUT2D eigenvalue weighted by atomic mass is 19.3. The molecule has 1 fully saturated rings. The van der Waals surface area contributed by atoms with Gasteiger partial charge in [0.25, 0.3) is 0 Å². The Morgan fingerprint density at radius 1 is 1.18 bits per heavy atom. The van der Waals surface area contributed by atoms with Crippen molar-refractivity contribution in [3.63, 3.8) is 0 Å². The van der Waals surface area contributed by atoms with E-state index in [4.69, 9.17) is 9.72 Å². The molecular weight excluding hydrogens is 496 g/mol. The highest BCUT2D eigenvalue weighted by Gasteiger charge is 2.36. The Morgan fingerprint density at radius 3 is 2.82 bits per heavy atom. The van der Waals surface area contributed by atoms with Crippen molar-refractivity contribution in [2.75, 3.05) is 38.1 Å². The molecule has 0 unspecified atom stereocenters. The fourth-order valence-electron chi connectivity index (χ4n) is 4.76. The number of nitrogens with zero attached hydrogens (tertiary/aromatic N) is 4. The molecule has 2 amide bonds. The number of carbonyl (C=O) groups excluding carboxylic acids is 2. The van der Waals surface area contributed by atoms with Crippen molar-refractivity contribution < 1.29 is 27.8 Å². The summed E-state index contributed by atoms with van der Waals surface area (Å²) < 4.78 is 34.7. The second-order valence-electron chi connectivity index (χ2n) is 9.51. The molecule has 1 atom stereocenters. The smallest absolute Gasteiger partial charge is 0.388 e. The van der Waals surface area contributed by atoms with Crippen molar-refractivity contribution in [2.45, 2.75) is 64.5 Å². The van der Waals surface area contributed by atoms with Crippen LogP contribution in [0.1, 0.15) is 61.9 Å². The van der Waals surface area contributed by atoms with Crippen molar-refractivity contribution in [3.05, 3.63) is 47.3 Å². The summed E-state index contributed by atoms with van der Waals surface area (Å²) in [5.74, 6) is 0.313. The first kappa shape index (κ1) is 27.5. The summed E-state index contributed by atoms with van der Waals surface area (Å²) in [5.41, 5.74) is 2.79. The number of carbonyl (C=O) groups is 2. The van der Waals surface area contributed by atoms with Gasteiger partial charge < -0.3 is 24.6 Å². The molecular formula is C27H35F2N5O4. The van der Waals surface area contributed by atoms with Crippen LogP contribution < -0.4 is 10.1 Å². The zero-order valence-corrected chi connectivity index (χ0v) is 21.7. The number of fused-ring (bicyclic) bond motifs is 1. The van der Waals surface area contributed by atoms with Gasteiger partial charge in [-0.15, -0.1) is 0 Å². The second kappa shape index (κ2) is 13.3. The minimum absolute atomic E-state index is 0.0495. The average Bonchev–Trinajstić information content (AvgIpc) is 3.27. The molecule has 11 heteroatoms. The lowest BCUT2D eigenvalue weighted by Gasteiger charge is -2.27. The van der Waals surface area contributed by atoms with Gasteiger partial charge in [0.1, 0.15) is 5.82 Å². The van der Waals surface area contributed by atoms with Crippen LogP contribution in [0.4, 0.5) is 19.4 Å². The Bertz CT molecular complexity index is 1090. The number of amides is 2. The number of hydrogen-bond acceptors (Lipinski definition) is 7. The van der Waals surface area contributed by atoms with Crippen molar-refractivity contribution >= 4 is 17.8 Å². The van der Waals surface area contributed by atoms with E-state index in [0.29, 0.717) is 31.8 Å². The maximum atomic E-state index is 13.3. The summed E-state index contributed by atoms with van der Waals surface area (Å²) in [6, 6.07) is 6.25. The highest BCUT2D eigenvalue weighted by molar-refractivity contribution is 5.78. The van der Waals surface area contributed by atoms with Crippen LogP contribution in [-0.2, 0) is 22.4 Å². The number of hydrogen-bond donors (Lipinski definition) is 1. The monoisotopic (exact) mass is 531 g/mol. The van der Waals surface area contributed by atoms with Gasteiger partial charge in [-0.3, -0.25) is 4.79 Å². The van der Waals surface area contributed by atoms with Crippen molar-refractivity contribution in [1.29, 1.82) is 0 Å². The number of esters is 1. The van der Waals surface area contributed by atoms with Crippen LogP contribution in [0.2, 0.25) is 0 Å². The fourth-order valence-corrected chi connectivity index (χ4v) is 4.76. The predicted molar refractivity (Wildman–Crippen MR) is 137 cm³/mol. The molecule has 0 saturated carbocycles. The number of aromatic nitrogens is 2. The Kier molecular flexibility index (Phi) is 9.67. The standard InChI is InChI=1S/C27H35F2N5O4/c1-2-3-16-37-24(35)17-22(20-9-11-23(31-18-20)38-26(28)29)34-15-14-33(27(34)36)13-5-7-21-10-8-19-6-4-12-30-25(19)32-21/h8-11,18,22,26H,2-7,12-17H2,1H3,(H,30,32)/t22-/m0/s1. The molecule has 206 valence electrons. The number of pyridine rings is 2. The Labute approximate surface area is 221 Å². The number of unbranched alkanes of at least 4 members (excludes halogenated alkanes) is 1. The van der Waals surface area contributed by atoms with E-state index in [-0.39, 0.29) is 18.3 Å². The summed E-state index contributed by atoms with van der Waals surface area (Å²) >= 11 is 0. The molecule has 0 radical (unpaired) electrons. The van der Waals surface area contributed by atoms with Gasteiger partial charge in [-0.05, 0) is 49.3 Å². The summed E-state index contributed by atoms with van der Waals surface area (Å²) in [5, 5.41) is 3.35. The Hall–Kier alpha value is -3.50. The van der Waals surface area contributed by atoms with Crippen molar-refractivity contribution in [3.8, 4) is 5.88 Å². The van der Waals surface area contributed by atoms with Gasteiger partial charge in [0.15, 0.2) is 0 Å². The van der Waals surface area contributed by atoms with E-state index in [0.717, 1.165) is 56.6 Å². The summed E-state index contributed by atoms with van der Waals surface area (Å²) in [6.45, 7) is 1.79. The topological polar surface area (TPSA) is 96.9 Å². The normalized spacial score (nSPS) is 15.8. The molecule has 0 spiro atoms. The van der Waals surface area contributed by atoms with Crippen molar-refractivity contribution in [2.24, 2.45) is 0 Å². The Balaban J connectivity index is 1.38. The molecule has 0 aromatic carbocycles. The van der Waals surface area contributed by atoms with Gasteiger partial charge in [-0.25, -0.2) is 14.8 Å². The van der Waals surface area contributed by atoms with E-state index < -0.39 is 18.6 Å². The molecule has 2 aromatic rings. The lowest BCUT2D eigenvalue weighted by Crippen LogP contribution is -2.36. The van der Waals surface area contributed by atoms with E-state index in [1.807, 2.05) is 6.92 Å². The number of anilines is 1. The average molecular weight is 532 g/mol. The number of aryl methyl sites for hydroxylation is 2. The van der Waals surface area contributed by atoms with Crippen LogP contribution in [0.15, 0.2) is 30.5 Å². The second-order valence-corrected chi connectivity index (χ2v) is 9.51. The van der Waals surface area contributed by atoms with Gasteiger partial charge in [0, 0.05) is 44.1 Å². The molecule has 1 saturated heterocycles. The maximum Gasteiger partial charge on any atom is 0.388 e. The SMILES string of the molecule is CCCCOC(=O)C[C@@H](c1ccc(OC(F)F)nc1)N1CCN(CCCc2ccc3c(n2)NCCC3)C1=O. The van der Waals surface area contributed by atoms with Crippen LogP contribution in [0, 0.1) is 0 Å². The third kappa shape index (κ3) is 7.29. The molecule has 38 heavy (non-hydrogen) atoms. The molecule has 0 aliphatic carbocycles. The summed E-state index contributed by atoms with van der Waals surface area (Å²) in [4.78, 5) is 38.0. The lowest BCUT2D eigenvalue weighted by molar-refractivity contribution is -0.145. The first-order valence-corrected chi connectivity index (χ1v) is 13.3. The maximum absolute atomic E-state index is 13.3. The highest BCUT2D eigenvalue weighted by Crippen LogP contribution is 2.30. The molecule has 1 N–H and O–H groups in total. The Morgan fingerprint density at radius 2 is 2.05 bits per heavy atom. The van der Waals surface area contributed by atoms with E-state index in [1.54, 1.807) is 15.9 Å². The van der Waals surface area contributed by atoms with E-state index in [2.05, 4.69) is 27.2 Å². The van der Waals surface area contributed by atoms with Gasteiger partial charge in [-0.2, -0.15) is 8.78 Å². The molecule has 0 bridgehead atoms. The summed E-state index contributed by atoms with van der Waals surface area (Å²) in [7, 11) is 0. The number of nitrogens with one attached hydrogen (secondary N) is 1. The van der Waals surface area contributed by atoms with Gasteiger partial charge in [-0.1, -0.05) is 25.5 Å². The predicted octanol–water partition coefficient (Wildman–Crippen LogP) is 4.58. The molecule has 2 aromatic heterocycles. The summed E-state index contributed by atoms with van der Waals surface area (Å²) in [6.07, 6.45) is 6.63.